The number of carboxylic acids is 1. The molecule has 0 fully saturated rings. The van der Waals surface area contributed by atoms with Gasteiger partial charge in [0.2, 0.25) is 0 Å². The first-order valence-corrected chi connectivity index (χ1v) is 8.67. The molecule has 0 aliphatic heterocycles. The number of ether oxygens (including phenoxy) is 1. The number of hydrogen-bond donors (Lipinski definition) is 2. The number of Topliss-reactive ketones (excluding diaryl/α,β-unsaturated/α-hetero) is 1. The number of ketones is 1. The van der Waals surface area contributed by atoms with Gasteiger partial charge in [0.15, 0.2) is 5.78 Å². The summed E-state index contributed by atoms with van der Waals surface area (Å²) >= 11 is 0. The molecule has 1 atom stereocenters. The molecular weight excluding hydrogens is 346 g/mol. The zero-order chi connectivity index (χ0) is 19.8. The highest BCUT2D eigenvalue weighted by Crippen LogP contribution is 2.14. The van der Waals surface area contributed by atoms with Gasteiger partial charge in [-0.1, -0.05) is 54.1 Å². The van der Waals surface area contributed by atoms with Crippen molar-refractivity contribution in [1.82, 2.24) is 5.32 Å². The van der Waals surface area contributed by atoms with Gasteiger partial charge in [-0.15, -0.1) is 0 Å². The highest BCUT2D eigenvalue weighted by Gasteiger charge is 2.22. The zero-order valence-electron chi connectivity index (χ0n) is 15.4. The number of amides is 1. The molecule has 27 heavy (non-hydrogen) atoms. The third-order valence-corrected chi connectivity index (χ3v) is 4.15. The van der Waals surface area contributed by atoms with Crippen LogP contribution in [0.15, 0.2) is 48.5 Å². The van der Waals surface area contributed by atoms with Crippen LogP contribution in [0.1, 0.15) is 39.9 Å². The fourth-order valence-electron chi connectivity index (χ4n) is 2.70. The van der Waals surface area contributed by atoms with E-state index in [1.807, 2.05) is 44.2 Å². The summed E-state index contributed by atoms with van der Waals surface area (Å²) in [4.78, 5) is 35.6. The SMILES string of the molecule is Cc1ccc(C(=O)CCC(NC(=O)OCc2ccccc2)C(=O)O)c(C)c1. The van der Waals surface area contributed by atoms with E-state index >= 15 is 0 Å². The van der Waals surface area contributed by atoms with Crippen LogP contribution in [0.4, 0.5) is 4.79 Å². The number of alkyl carbamates (subject to hydrolysis) is 1. The zero-order valence-corrected chi connectivity index (χ0v) is 15.4. The van der Waals surface area contributed by atoms with Crippen molar-refractivity contribution in [2.24, 2.45) is 0 Å². The average molecular weight is 369 g/mol. The van der Waals surface area contributed by atoms with Gasteiger partial charge in [0, 0.05) is 12.0 Å². The number of carboxylic acid groups (broad SMARTS) is 1. The summed E-state index contributed by atoms with van der Waals surface area (Å²) in [5.41, 5.74) is 3.26. The minimum Gasteiger partial charge on any atom is -0.480 e. The van der Waals surface area contributed by atoms with E-state index in [0.29, 0.717) is 5.56 Å². The molecule has 0 heterocycles. The molecule has 0 radical (unpaired) electrons. The highest BCUT2D eigenvalue weighted by molar-refractivity contribution is 5.97. The molecule has 2 aromatic rings. The number of rotatable bonds is 8. The van der Waals surface area contributed by atoms with Gasteiger partial charge in [-0.2, -0.15) is 0 Å². The van der Waals surface area contributed by atoms with Crippen molar-refractivity contribution in [3.05, 3.63) is 70.8 Å². The summed E-state index contributed by atoms with van der Waals surface area (Å²) in [5, 5.41) is 11.6. The van der Waals surface area contributed by atoms with Crippen molar-refractivity contribution in [2.45, 2.75) is 39.3 Å². The van der Waals surface area contributed by atoms with Gasteiger partial charge in [0.05, 0.1) is 0 Å². The third-order valence-electron chi connectivity index (χ3n) is 4.15. The van der Waals surface area contributed by atoms with E-state index in [1.54, 1.807) is 18.2 Å². The van der Waals surface area contributed by atoms with Crippen LogP contribution < -0.4 is 5.32 Å². The highest BCUT2D eigenvalue weighted by atomic mass is 16.5. The normalized spacial score (nSPS) is 11.5. The molecule has 2 N–H and O–H groups in total. The Balaban J connectivity index is 1.88. The summed E-state index contributed by atoms with van der Waals surface area (Å²) in [6.45, 7) is 3.82. The molecule has 0 saturated heterocycles. The van der Waals surface area contributed by atoms with Crippen LogP contribution in [0.2, 0.25) is 0 Å². The molecule has 0 aliphatic rings. The van der Waals surface area contributed by atoms with Gasteiger partial charge in [0.25, 0.3) is 0 Å². The van der Waals surface area contributed by atoms with E-state index in [9.17, 15) is 19.5 Å². The van der Waals surface area contributed by atoms with Gasteiger partial charge in [0.1, 0.15) is 12.6 Å². The van der Waals surface area contributed by atoms with Crippen LogP contribution >= 0.6 is 0 Å². The fraction of sp³-hybridized carbons (Fsp3) is 0.286. The maximum atomic E-state index is 12.4. The molecule has 1 unspecified atom stereocenters. The van der Waals surface area contributed by atoms with Crippen LogP contribution in [0.25, 0.3) is 0 Å². The molecule has 0 bridgehead atoms. The minimum absolute atomic E-state index is 0.0120. The summed E-state index contributed by atoms with van der Waals surface area (Å²) in [7, 11) is 0. The van der Waals surface area contributed by atoms with Gasteiger partial charge in [-0.25, -0.2) is 9.59 Å². The Morgan fingerprint density at radius 3 is 2.41 bits per heavy atom. The lowest BCUT2D eigenvalue weighted by Gasteiger charge is -2.14. The Bertz CT molecular complexity index is 817. The van der Waals surface area contributed by atoms with E-state index in [0.717, 1.165) is 16.7 Å². The Labute approximate surface area is 158 Å². The van der Waals surface area contributed by atoms with Gasteiger partial charge < -0.3 is 15.2 Å². The van der Waals surface area contributed by atoms with Crippen molar-refractivity contribution >= 4 is 17.8 Å². The number of carbonyl (C=O) groups is 3. The van der Waals surface area contributed by atoms with E-state index in [2.05, 4.69) is 5.32 Å². The Morgan fingerprint density at radius 2 is 1.78 bits per heavy atom. The average Bonchev–Trinajstić information content (AvgIpc) is 2.63. The molecule has 142 valence electrons. The second-order valence-corrected chi connectivity index (χ2v) is 6.38. The summed E-state index contributed by atoms with van der Waals surface area (Å²) < 4.78 is 5.03. The first kappa shape index (κ1) is 20.2. The van der Waals surface area contributed by atoms with E-state index < -0.39 is 18.1 Å². The van der Waals surface area contributed by atoms with Crippen molar-refractivity contribution in [3.8, 4) is 0 Å². The fourth-order valence-corrected chi connectivity index (χ4v) is 2.70. The maximum absolute atomic E-state index is 12.4. The molecule has 0 aromatic heterocycles. The van der Waals surface area contributed by atoms with Crippen molar-refractivity contribution in [3.63, 3.8) is 0 Å². The second-order valence-electron chi connectivity index (χ2n) is 6.38. The number of aryl methyl sites for hydroxylation is 2. The van der Waals surface area contributed by atoms with E-state index in [1.165, 1.54) is 0 Å². The third kappa shape index (κ3) is 6.26. The number of carbonyl (C=O) groups excluding carboxylic acids is 2. The monoisotopic (exact) mass is 369 g/mol. The molecule has 0 aliphatic carbocycles. The number of nitrogens with one attached hydrogen (secondary N) is 1. The Kier molecular flexibility index (Phi) is 7.11. The molecular formula is C21H23NO5. The van der Waals surface area contributed by atoms with E-state index in [-0.39, 0.29) is 25.2 Å². The van der Waals surface area contributed by atoms with Crippen molar-refractivity contribution in [1.29, 1.82) is 0 Å². The minimum atomic E-state index is -1.21. The lowest BCUT2D eigenvalue weighted by Crippen LogP contribution is -2.41. The molecule has 0 spiro atoms. The lowest BCUT2D eigenvalue weighted by molar-refractivity contribution is -0.139. The summed E-state index contributed by atoms with van der Waals surface area (Å²) in [6, 6.07) is 13.4. The second kappa shape index (κ2) is 9.52. The van der Waals surface area contributed by atoms with Crippen LogP contribution in [0.5, 0.6) is 0 Å². The van der Waals surface area contributed by atoms with Crippen LogP contribution in [-0.2, 0) is 16.1 Å². The predicted octanol–water partition coefficient (Wildman–Crippen LogP) is 3.65. The number of aliphatic carboxylic acids is 1. The van der Waals surface area contributed by atoms with Crippen molar-refractivity contribution < 1.29 is 24.2 Å². The predicted molar refractivity (Wildman–Crippen MR) is 101 cm³/mol. The molecule has 1 amide bonds. The Morgan fingerprint density at radius 1 is 1.07 bits per heavy atom. The smallest absolute Gasteiger partial charge is 0.408 e. The standard InChI is InChI=1S/C21H23NO5/c1-14-8-9-17(15(2)12-14)19(23)11-10-18(20(24)25)22-21(26)27-13-16-6-4-3-5-7-16/h3-9,12,18H,10-11,13H2,1-2H3,(H,22,26)(H,24,25). The molecule has 2 rings (SSSR count). The van der Waals surface area contributed by atoms with Crippen LogP contribution in [0, 0.1) is 13.8 Å². The number of hydrogen-bond acceptors (Lipinski definition) is 4. The topological polar surface area (TPSA) is 92.7 Å². The van der Waals surface area contributed by atoms with Crippen LogP contribution in [0.3, 0.4) is 0 Å². The van der Waals surface area contributed by atoms with Gasteiger partial charge in [-0.05, 0) is 31.4 Å². The molecule has 0 saturated carbocycles. The Hall–Kier alpha value is -3.15. The summed E-state index contributed by atoms with van der Waals surface area (Å²) in [6.07, 6.45) is -0.827. The largest absolute Gasteiger partial charge is 0.480 e. The molecule has 6 heteroatoms. The van der Waals surface area contributed by atoms with Crippen molar-refractivity contribution in [2.75, 3.05) is 0 Å². The van der Waals surface area contributed by atoms with Crippen LogP contribution in [-0.4, -0.2) is 29.0 Å². The number of benzene rings is 2. The summed E-state index contributed by atoms with van der Waals surface area (Å²) in [5.74, 6) is -1.36. The first-order valence-electron chi connectivity index (χ1n) is 8.67. The van der Waals surface area contributed by atoms with Gasteiger partial charge in [-0.3, -0.25) is 4.79 Å². The quantitative estimate of drug-likeness (QED) is 0.693. The molecule has 6 nitrogen and oxygen atoms in total. The van der Waals surface area contributed by atoms with Gasteiger partial charge >= 0.3 is 12.1 Å². The lowest BCUT2D eigenvalue weighted by atomic mass is 9.98. The maximum Gasteiger partial charge on any atom is 0.408 e. The van der Waals surface area contributed by atoms with E-state index in [4.69, 9.17) is 4.74 Å². The molecule has 2 aromatic carbocycles. The first-order chi connectivity index (χ1) is 12.9.